The molecule has 0 spiro atoms. The largest absolute Gasteiger partial charge is 0.488 e. The van der Waals surface area contributed by atoms with Crippen LogP contribution in [0.15, 0.2) is 36.5 Å². The minimum atomic E-state index is -0.619. The third-order valence-electron chi connectivity index (χ3n) is 4.10. The Kier molecular flexibility index (Phi) is 5.30. The molecular weight excluding hydrogens is 354 g/mol. The Morgan fingerprint density at radius 1 is 1.26 bits per heavy atom. The fourth-order valence-corrected chi connectivity index (χ4v) is 2.82. The van der Waals surface area contributed by atoms with Crippen LogP contribution >= 0.6 is 0 Å². The van der Waals surface area contributed by atoms with Crippen molar-refractivity contribution in [2.24, 2.45) is 0 Å². The van der Waals surface area contributed by atoms with E-state index in [-0.39, 0.29) is 24.1 Å². The molecule has 5 nitrogen and oxygen atoms in total. The van der Waals surface area contributed by atoms with E-state index in [0.29, 0.717) is 17.7 Å². The monoisotopic (exact) mass is 376 g/mol. The topological polar surface area (TPSA) is 60.5 Å². The predicted octanol–water partition coefficient (Wildman–Crippen LogP) is 4.32. The smallest absolute Gasteiger partial charge is 0.407 e. The molecule has 1 amide bonds. The summed E-state index contributed by atoms with van der Waals surface area (Å²) in [5, 5.41) is 2.74. The minimum absolute atomic E-state index is 0.0625. The van der Waals surface area contributed by atoms with Crippen molar-refractivity contribution >= 4 is 6.09 Å². The number of carbonyl (C=O) groups is 1. The number of carbonyl (C=O) groups excluding carboxylic acids is 1. The van der Waals surface area contributed by atoms with Crippen LogP contribution in [0, 0.1) is 11.8 Å². The molecule has 1 saturated carbocycles. The van der Waals surface area contributed by atoms with Gasteiger partial charge in [0.25, 0.3) is 0 Å². The van der Waals surface area contributed by atoms with Crippen molar-refractivity contribution in [3.63, 3.8) is 0 Å². The number of nitrogens with zero attached hydrogens (tertiary/aromatic N) is 1. The van der Waals surface area contributed by atoms with Gasteiger partial charge in [0, 0.05) is 29.3 Å². The van der Waals surface area contributed by atoms with Crippen LogP contribution in [0.25, 0.3) is 0 Å². The normalized spacial score (nSPS) is 18.7. The number of nitrogens with one attached hydrogen (secondary N) is 1. The Hall–Kier alpha value is -2.70. The first-order valence-corrected chi connectivity index (χ1v) is 8.75. The summed E-state index contributed by atoms with van der Waals surface area (Å²) in [6, 6.07) is 7.45. The van der Waals surface area contributed by atoms with E-state index in [0.717, 1.165) is 0 Å². The molecule has 0 aliphatic heterocycles. The number of hydrogen-bond acceptors (Lipinski definition) is 4. The molecule has 0 bridgehead atoms. The number of halogens is 2. The second-order valence-electron chi connectivity index (χ2n) is 7.49. The first-order chi connectivity index (χ1) is 12.7. The van der Waals surface area contributed by atoms with Gasteiger partial charge in [0.1, 0.15) is 23.8 Å². The summed E-state index contributed by atoms with van der Waals surface area (Å²) in [5.41, 5.74) is 0.0592. The summed E-state index contributed by atoms with van der Waals surface area (Å²) in [5.74, 6) is -0.923. The van der Waals surface area contributed by atoms with Crippen LogP contribution in [-0.4, -0.2) is 22.7 Å². The average molecular weight is 376 g/mol. The zero-order valence-corrected chi connectivity index (χ0v) is 15.5. The molecular formula is C20H22F2N2O3. The first kappa shape index (κ1) is 19.1. The lowest BCUT2D eigenvalue weighted by molar-refractivity contribution is 0.0522. The summed E-state index contributed by atoms with van der Waals surface area (Å²) in [4.78, 5) is 15.5. The first-order valence-electron chi connectivity index (χ1n) is 8.75. The molecule has 1 N–H and O–H groups in total. The third-order valence-corrected chi connectivity index (χ3v) is 4.10. The van der Waals surface area contributed by atoms with E-state index in [4.69, 9.17) is 9.47 Å². The van der Waals surface area contributed by atoms with Gasteiger partial charge >= 0.3 is 6.09 Å². The second-order valence-corrected chi connectivity index (χ2v) is 7.49. The van der Waals surface area contributed by atoms with Gasteiger partial charge in [0.15, 0.2) is 0 Å². The highest BCUT2D eigenvalue weighted by atomic mass is 19.1. The van der Waals surface area contributed by atoms with Crippen molar-refractivity contribution in [1.29, 1.82) is 0 Å². The fourth-order valence-electron chi connectivity index (χ4n) is 2.82. The van der Waals surface area contributed by atoms with Crippen LogP contribution in [0.5, 0.6) is 5.75 Å². The molecule has 2 unspecified atom stereocenters. The SMILES string of the molecule is CC(C)(C)OC(=O)NC1CC1c1c(F)cccc1OCc1cccnc1F. The van der Waals surface area contributed by atoms with E-state index >= 15 is 0 Å². The quantitative estimate of drug-likeness (QED) is 0.790. The molecule has 1 heterocycles. The zero-order chi connectivity index (χ0) is 19.6. The maximum Gasteiger partial charge on any atom is 0.407 e. The molecule has 2 aromatic rings. The van der Waals surface area contributed by atoms with Crippen molar-refractivity contribution in [3.05, 3.63) is 59.4 Å². The number of pyridine rings is 1. The summed E-state index contributed by atoms with van der Waals surface area (Å²) < 4.78 is 39.0. The minimum Gasteiger partial charge on any atom is -0.488 e. The molecule has 1 fully saturated rings. The van der Waals surface area contributed by atoms with Crippen molar-refractivity contribution in [2.45, 2.75) is 51.4 Å². The van der Waals surface area contributed by atoms with Crippen molar-refractivity contribution in [2.75, 3.05) is 0 Å². The molecule has 1 aromatic heterocycles. The summed E-state index contributed by atoms with van der Waals surface area (Å²) in [6.07, 6.45) is 1.40. The lowest BCUT2D eigenvalue weighted by atomic mass is 10.1. The number of rotatable bonds is 5. The summed E-state index contributed by atoms with van der Waals surface area (Å²) in [7, 11) is 0. The molecule has 0 radical (unpaired) electrons. The lowest BCUT2D eigenvalue weighted by Gasteiger charge is -2.20. The van der Waals surface area contributed by atoms with Gasteiger partial charge in [0.2, 0.25) is 5.95 Å². The highest BCUT2D eigenvalue weighted by molar-refractivity contribution is 5.69. The predicted molar refractivity (Wildman–Crippen MR) is 95.4 cm³/mol. The Labute approximate surface area is 156 Å². The number of alkyl carbamates (subject to hydrolysis) is 1. The Morgan fingerprint density at radius 2 is 2.04 bits per heavy atom. The number of amides is 1. The summed E-state index contributed by atoms with van der Waals surface area (Å²) >= 11 is 0. The molecule has 1 aliphatic carbocycles. The lowest BCUT2D eigenvalue weighted by Crippen LogP contribution is -2.34. The fraction of sp³-hybridized carbons (Fsp3) is 0.400. The maximum atomic E-state index is 14.4. The van der Waals surface area contributed by atoms with Crippen molar-refractivity contribution in [1.82, 2.24) is 10.3 Å². The molecule has 2 atom stereocenters. The molecule has 27 heavy (non-hydrogen) atoms. The van der Waals surface area contributed by atoms with Gasteiger partial charge in [-0.1, -0.05) is 6.07 Å². The molecule has 7 heteroatoms. The molecule has 1 aliphatic rings. The van der Waals surface area contributed by atoms with Crippen LogP contribution in [-0.2, 0) is 11.3 Å². The molecule has 0 saturated heterocycles. The molecule has 3 rings (SSSR count). The van der Waals surface area contributed by atoms with Gasteiger partial charge in [-0.25, -0.2) is 14.2 Å². The Morgan fingerprint density at radius 3 is 2.74 bits per heavy atom. The van der Waals surface area contributed by atoms with E-state index < -0.39 is 23.5 Å². The Balaban J connectivity index is 1.68. The Bertz CT molecular complexity index is 836. The van der Waals surface area contributed by atoms with Gasteiger partial charge in [-0.05, 0) is 51.5 Å². The maximum absolute atomic E-state index is 14.4. The van der Waals surface area contributed by atoms with Crippen molar-refractivity contribution in [3.8, 4) is 5.75 Å². The second kappa shape index (κ2) is 7.50. The van der Waals surface area contributed by atoms with Crippen molar-refractivity contribution < 1.29 is 23.0 Å². The highest BCUT2D eigenvalue weighted by Gasteiger charge is 2.43. The number of aromatic nitrogens is 1. The van der Waals surface area contributed by atoms with Gasteiger partial charge in [0.05, 0.1) is 0 Å². The molecule has 1 aromatic carbocycles. The highest BCUT2D eigenvalue weighted by Crippen LogP contribution is 2.46. The standard InChI is InChI=1S/C20H22F2N2O3/c1-20(2,3)27-19(25)24-15-10-13(15)17-14(21)7-4-8-16(17)26-11-12-6-5-9-23-18(12)22/h4-9,13,15H,10-11H2,1-3H3,(H,24,25). The third kappa shape index (κ3) is 4.93. The van der Waals surface area contributed by atoms with Crippen LogP contribution in [0.4, 0.5) is 13.6 Å². The summed E-state index contributed by atoms with van der Waals surface area (Å²) in [6.45, 7) is 5.26. The molecule has 144 valence electrons. The number of benzene rings is 1. The van der Waals surface area contributed by atoms with Crippen LogP contribution in [0.3, 0.4) is 0 Å². The van der Waals surface area contributed by atoms with Gasteiger partial charge in [-0.15, -0.1) is 0 Å². The van der Waals surface area contributed by atoms with E-state index in [9.17, 15) is 13.6 Å². The number of hydrogen-bond donors (Lipinski definition) is 1. The number of ether oxygens (including phenoxy) is 2. The van der Waals surface area contributed by atoms with Crippen LogP contribution < -0.4 is 10.1 Å². The average Bonchev–Trinajstić information content (AvgIpc) is 3.30. The van der Waals surface area contributed by atoms with Gasteiger partial charge in [-0.3, -0.25) is 0 Å². The van der Waals surface area contributed by atoms with Gasteiger partial charge < -0.3 is 14.8 Å². The zero-order valence-electron chi connectivity index (χ0n) is 15.5. The van der Waals surface area contributed by atoms with E-state index in [2.05, 4.69) is 10.3 Å². The van der Waals surface area contributed by atoms with Crippen LogP contribution in [0.2, 0.25) is 0 Å². The van der Waals surface area contributed by atoms with Crippen LogP contribution in [0.1, 0.15) is 44.2 Å². The van der Waals surface area contributed by atoms with Gasteiger partial charge in [-0.2, -0.15) is 4.39 Å². The van der Waals surface area contributed by atoms with E-state index in [1.807, 2.05) is 0 Å². The van der Waals surface area contributed by atoms with E-state index in [1.165, 1.54) is 18.3 Å². The van der Waals surface area contributed by atoms with E-state index in [1.54, 1.807) is 39.0 Å².